The number of benzene rings is 1. The molecule has 2 atom stereocenters. The summed E-state index contributed by atoms with van der Waals surface area (Å²) in [6, 6.07) is 9.67. The van der Waals surface area contributed by atoms with E-state index in [9.17, 15) is 22.4 Å². The SMILES string of the molecule is [2H]C(c1ccccc1OCc1ccnn1CC(F)(F)F)C(Oc1ncnc2sc(-c3ccc(F)o3)c(Br)c12)C(C)=O. The number of thiophene rings is 1. The van der Waals surface area contributed by atoms with Crippen molar-refractivity contribution in [1.82, 2.24) is 19.7 Å². The van der Waals surface area contributed by atoms with Crippen LogP contribution in [0.3, 0.4) is 0 Å². The number of hydrogen-bond acceptors (Lipinski definition) is 8. The highest BCUT2D eigenvalue weighted by atomic mass is 79.9. The molecule has 0 aliphatic carbocycles. The molecule has 0 amide bonds. The Morgan fingerprint density at radius 2 is 2.02 bits per heavy atom. The number of hydrogen-bond donors (Lipinski definition) is 0. The Balaban J connectivity index is 1.41. The van der Waals surface area contributed by atoms with E-state index in [4.69, 9.17) is 15.3 Å². The lowest BCUT2D eigenvalue weighted by Gasteiger charge is -2.19. The zero-order valence-electron chi connectivity index (χ0n) is 21.5. The van der Waals surface area contributed by atoms with Gasteiger partial charge in [-0.1, -0.05) is 18.2 Å². The predicted molar refractivity (Wildman–Crippen MR) is 141 cm³/mol. The van der Waals surface area contributed by atoms with Crippen LogP contribution in [-0.4, -0.2) is 37.8 Å². The molecule has 0 saturated carbocycles. The number of para-hydroxylation sites is 1. The van der Waals surface area contributed by atoms with Crippen molar-refractivity contribution in [3.63, 3.8) is 0 Å². The molecule has 0 aliphatic heterocycles. The van der Waals surface area contributed by atoms with Gasteiger partial charge in [-0.3, -0.25) is 9.48 Å². The molecule has 5 rings (SSSR count). The summed E-state index contributed by atoms with van der Waals surface area (Å²) >= 11 is 4.66. The largest absolute Gasteiger partial charge is 0.487 e. The van der Waals surface area contributed by atoms with E-state index < -0.39 is 37.0 Å². The van der Waals surface area contributed by atoms with Crippen LogP contribution in [0.15, 0.2) is 63.9 Å². The first kappa shape index (κ1) is 26.4. The highest BCUT2D eigenvalue weighted by molar-refractivity contribution is 9.10. The van der Waals surface area contributed by atoms with Crippen molar-refractivity contribution in [3.05, 3.63) is 76.7 Å². The Labute approximate surface area is 238 Å². The van der Waals surface area contributed by atoms with Crippen LogP contribution in [0.2, 0.25) is 0 Å². The summed E-state index contributed by atoms with van der Waals surface area (Å²) in [4.78, 5) is 22.1. The van der Waals surface area contributed by atoms with E-state index >= 15 is 0 Å². The Bertz CT molecular complexity index is 1710. The second kappa shape index (κ2) is 11.4. The second-order valence-corrected chi connectivity index (χ2v) is 10.2. The van der Waals surface area contributed by atoms with Crippen molar-refractivity contribution < 1.29 is 37.6 Å². The monoisotopic (exact) mass is 639 g/mol. The zero-order chi connectivity index (χ0) is 29.3. The highest BCUT2D eigenvalue weighted by Crippen LogP contribution is 2.45. The van der Waals surface area contributed by atoms with Gasteiger partial charge in [0.05, 0.1) is 20.4 Å². The van der Waals surface area contributed by atoms with Gasteiger partial charge in [0, 0.05) is 20.0 Å². The minimum atomic E-state index is -4.46. The molecule has 4 aromatic heterocycles. The van der Waals surface area contributed by atoms with Gasteiger partial charge in [-0.15, -0.1) is 11.3 Å². The lowest BCUT2D eigenvalue weighted by molar-refractivity contribution is -0.143. The second-order valence-electron chi connectivity index (χ2n) is 8.45. The fraction of sp³-hybridized carbons (Fsp3) is 0.231. The van der Waals surface area contributed by atoms with E-state index in [1.807, 2.05) is 0 Å². The summed E-state index contributed by atoms with van der Waals surface area (Å²) < 4.78 is 79.2. The average Bonchev–Trinajstić information content (AvgIpc) is 3.63. The fourth-order valence-corrected chi connectivity index (χ4v) is 5.69. The van der Waals surface area contributed by atoms with Gasteiger partial charge in [0.15, 0.2) is 11.9 Å². The molecular weight excluding hydrogens is 620 g/mol. The molecular formula is C26H19BrF4N4O4S. The third-order valence-corrected chi connectivity index (χ3v) is 7.76. The number of rotatable bonds is 10. The topological polar surface area (TPSA) is 92.3 Å². The molecule has 2 unspecified atom stereocenters. The molecule has 4 heterocycles. The van der Waals surface area contributed by atoms with Crippen molar-refractivity contribution in [2.45, 2.75) is 38.8 Å². The third kappa shape index (κ3) is 6.17. The van der Waals surface area contributed by atoms with E-state index in [-0.39, 0.29) is 35.3 Å². The van der Waals surface area contributed by atoms with Crippen LogP contribution < -0.4 is 9.47 Å². The van der Waals surface area contributed by atoms with E-state index in [0.717, 1.165) is 4.68 Å². The molecule has 0 N–H and O–H groups in total. The Morgan fingerprint density at radius 3 is 2.75 bits per heavy atom. The van der Waals surface area contributed by atoms with Crippen molar-refractivity contribution in [3.8, 4) is 22.3 Å². The van der Waals surface area contributed by atoms with Gasteiger partial charge in [-0.25, -0.2) is 9.97 Å². The van der Waals surface area contributed by atoms with E-state index in [2.05, 4.69) is 31.0 Å². The minimum absolute atomic E-state index is 0.0169. The molecule has 8 nitrogen and oxygen atoms in total. The van der Waals surface area contributed by atoms with Gasteiger partial charge in [0.2, 0.25) is 5.88 Å². The number of nitrogens with zero attached hydrogens (tertiary/aromatic N) is 4. The predicted octanol–water partition coefficient (Wildman–Crippen LogP) is 6.77. The number of ketones is 1. The van der Waals surface area contributed by atoms with Crippen LogP contribution in [0.1, 0.15) is 19.6 Å². The van der Waals surface area contributed by atoms with Gasteiger partial charge in [-0.2, -0.15) is 22.7 Å². The van der Waals surface area contributed by atoms with E-state index in [1.54, 1.807) is 24.3 Å². The van der Waals surface area contributed by atoms with Crippen LogP contribution in [0.5, 0.6) is 11.6 Å². The smallest absolute Gasteiger partial charge is 0.408 e. The number of carbonyl (C=O) groups is 1. The van der Waals surface area contributed by atoms with E-state index in [1.165, 1.54) is 49.0 Å². The minimum Gasteiger partial charge on any atom is -0.487 e. The number of aromatic nitrogens is 4. The Kier molecular flexibility index (Phi) is 7.52. The summed E-state index contributed by atoms with van der Waals surface area (Å²) in [6.45, 7) is -0.261. The van der Waals surface area contributed by atoms with Gasteiger partial charge in [0.25, 0.3) is 6.01 Å². The van der Waals surface area contributed by atoms with Gasteiger partial charge < -0.3 is 13.9 Å². The summed E-state index contributed by atoms with van der Waals surface area (Å²) in [5.41, 5.74) is 0.451. The fourth-order valence-electron chi connectivity index (χ4n) is 3.77. The van der Waals surface area contributed by atoms with Crippen LogP contribution >= 0.6 is 27.3 Å². The van der Waals surface area contributed by atoms with Crippen LogP contribution in [0.25, 0.3) is 20.9 Å². The zero-order valence-corrected chi connectivity index (χ0v) is 22.9. The molecule has 0 aliphatic rings. The molecule has 0 fully saturated rings. The molecule has 1 aromatic carbocycles. The molecule has 0 bridgehead atoms. The lowest BCUT2D eigenvalue weighted by atomic mass is 10.0. The number of furan rings is 1. The van der Waals surface area contributed by atoms with Gasteiger partial charge in [0.1, 0.15) is 35.8 Å². The number of fused-ring (bicyclic) bond motifs is 1. The maximum Gasteiger partial charge on any atom is 0.408 e. The highest BCUT2D eigenvalue weighted by Gasteiger charge is 2.29. The summed E-state index contributed by atoms with van der Waals surface area (Å²) in [6.07, 6.45) is -4.63. The number of carbonyl (C=O) groups excluding carboxylic acids is 1. The Morgan fingerprint density at radius 1 is 1.23 bits per heavy atom. The van der Waals surface area contributed by atoms with Crippen molar-refractivity contribution >= 4 is 43.3 Å². The molecule has 14 heteroatoms. The third-order valence-electron chi connectivity index (χ3n) is 5.59. The van der Waals surface area contributed by atoms with Crippen LogP contribution in [0, 0.1) is 6.01 Å². The maximum atomic E-state index is 13.5. The van der Waals surface area contributed by atoms with Crippen LogP contribution in [0.4, 0.5) is 17.6 Å². The quantitative estimate of drug-likeness (QED) is 0.156. The number of Topliss-reactive ketones (excluding diaryl/α,β-unsaturated/α-hetero) is 1. The molecule has 0 saturated heterocycles. The summed E-state index contributed by atoms with van der Waals surface area (Å²) in [7, 11) is 0. The van der Waals surface area contributed by atoms with Gasteiger partial charge >= 0.3 is 6.18 Å². The maximum absolute atomic E-state index is 13.5. The number of ether oxygens (including phenoxy) is 2. The average molecular weight is 640 g/mol. The van der Waals surface area contributed by atoms with Gasteiger partial charge in [-0.05, 0) is 46.6 Å². The lowest BCUT2D eigenvalue weighted by Crippen LogP contribution is -2.28. The summed E-state index contributed by atoms with van der Waals surface area (Å²) in [5.74, 6) is -0.0148. The molecule has 0 radical (unpaired) electrons. The molecule has 40 heavy (non-hydrogen) atoms. The molecule has 0 spiro atoms. The molecule has 5 aromatic rings. The molecule has 208 valence electrons. The first-order valence-electron chi connectivity index (χ1n) is 12.2. The standard InChI is InChI=1S/C26H19BrF4N4O4S/c1-14(36)19(39-24-21-22(27)23(18-6-7-20(28)38-18)40-25(21)33-13-32-24)10-15-4-2-3-5-17(15)37-11-16-8-9-34-35(16)12-26(29,30)31/h2-9,13,19H,10-12H2,1H3/i10D. The van der Waals surface area contributed by atoms with Crippen molar-refractivity contribution in [2.24, 2.45) is 0 Å². The van der Waals surface area contributed by atoms with Crippen molar-refractivity contribution in [1.29, 1.82) is 0 Å². The first-order valence-corrected chi connectivity index (χ1v) is 13.2. The first-order chi connectivity index (χ1) is 19.5. The summed E-state index contributed by atoms with van der Waals surface area (Å²) in [5, 5.41) is 4.11. The van der Waals surface area contributed by atoms with Crippen LogP contribution in [-0.2, 0) is 24.3 Å². The number of alkyl halides is 3. The van der Waals surface area contributed by atoms with Crippen molar-refractivity contribution in [2.75, 3.05) is 0 Å². The normalized spacial score (nSPS) is 13.7. The Hall–Kier alpha value is -3.78. The number of halogens is 5. The van der Waals surface area contributed by atoms with E-state index in [0.29, 0.717) is 19.6 Å².